The van der Waals surface area contributed by atoms with E-state index in [0.717, 1.165) is 43.1 Å². The number of aromatic nitrogens is 1. The molecule has 1 aliphatic rings. The molecule has 1 aromatic rings. The number of nitrogens with zero attached hydrogens (tertiary/aromatic N) is 2. The van der Waals surface area contributed by atoms with Crippen LogP contribution in [-0.4, -0.2) is 30.5 Å². The van der Waals surface area contributed by atoms with Crippen molar-refractivity contribution in [3.63, 3.8) is 0 Å². The molecule has 1 aliphatic heterocycles. The van der Waals surface area contributed by atoms with Crippen molar-refractivity contribution in [1.29, 1.82) is 0 Å². The topological polar surface area (TPSA) is 63.3 Å². The minimum atomic E-state index is -0.0757. The van der Waals surface area contributed by atoms with E-state index in [9.17, 15) is 0 Å². The average Bonchev–Trinajstić information content (AvgIpc) is 3.02. The minimum absolute atomic E-state index is 0.0757. The van der Waals surface area contributed by atoms with Gasteiger partial charge in [-0.05, 0) is 38.0 Å². The summed E-state index contributed by atoms with van der Waals surface area (Å²) >= 11 is 1.43. The molecule has 146 valence electrons. The van der Waals surface area contributed by atoms with Crippen LogP contribution in [0.4, 0.5) is 5.13 Å². The molecule has 2 unspecified atom stereocenters. The lowest BCUT2D eigenvalue weighted by molar-refractivity contribution is 0.455. The fourth-order valence-electron chi connectivity index (χ4n) is 3.39. The highest BCUT2D eigenvalue weighted by molar-refractivity contribution is 7.13. The van der Waals surface area contributed by atoms with Crippen LogP contribution >= 0.6 is 11.3 Å². The Labute approximate surface area is 169 Å². The molecule has 0 bridgehead atoms. The zero-order chi connectivity index (χ0) is 20.0. The van der Waals surface area contributed by atoms with E-state index in [-0.39, 0.29) is 5.41 Å². The number of aliphatic imine (C=N–C) groups is 1. The van der Waals surface area contributed by atoms with Crippen molar-refractivity contribution in [2.45, 2.75) is 52.3 Å². The van der Waals surface area contributed by atoms with Crippen molar-refractivity contribution in [2.24, 2.45) is 16.3 Å². The zero-order valence-corrected chi connectivity index (χ0v) is 17.9. The standard InChI is InChI=1S/C21H33BN4S/c1-7-21(5,6)13-24-19(17-12-27-20(23)26-17)15(4)25-18-9-8-16(11-22-18)10-14(2)3/h7,12,16,18,22,25H,1-2,4,8-11,13H2,3,5-6H3,(H2,23,26)/b24-19-. The van der Waals surface area contributed by atoms with Crippen LogP contribution in [-0.2, 0) is 0 Å². The Morgan fingerprint density at radius 1 is 1.48 bits per heavy atom. The van der Waals surface area contributed by atoms with Gasteiger partial charge in [0.15, 0.2) is 5.13 Å². The molecule has 3 N–H and O–H groups in total. The van der Waals surface area contributed by atoms with Crippen molar-refractivity contribution in [3.8, 4) is 0 Å². The lowest BCUT2D eigenvalue weighted by Crippen LogP contribution is -2.40. The van der Waals surface area contributed by atoms with Gasteiger partial charge in [0.2, 0.25) is 0 Å². The molecular formula is C21H33BN4S. The lowest BCUT2D eigenvalue weighted by Gasteiger charge is -2.30. The van der Waals surface area contributed by atoms with Gasteiger partial charge < -0.3 is 11.1 Å². The van der Waals surface area contributed by atoms with Crippen LogP contribution < -0.4 is 11.1 Å². The highest BCUT2D eigenvalue weighted by Crippen LogP contribution is 2.26. The predicted molar refractivity (Wildman–Crippen MR) is 122 cm³/mol. The van der Waals surface area contributed by atoms with Crippen LogP contribution in [0.25, 0.3) is 0 Å². The van der Waals surface area contributed by atoms with E-state index < -0.39 is 0 Å². The minimum Gasteiger partial charge on any atom is -0.389 e. The van der Waals surface area contributed by atoms with Crippen LogP contribution in [0, 0.1) is 11.3 Å². The third kappa shape index (κ3) is 6.69. The van der Waals surface area contributed by atoms with Crippen LogP contribution in [0.3, 0.4) is 0 Å². The molecule has 0 amide bonds. The summed E-state index contributed by atoms with van der Waals surface area (Å²) in [4.78, 5) is 9.26. The summed E-state index contributed by atoms with van der Waals surface area (Å²) in [6.45, 7) is 19.2. The molecule has 0 aliphatic carbocycles. The van der Waals surface area contributed by atoms with Crippen LogP contribution in [0.15, 0.2) is 47.5 Å². The molecule has 2 rings (SSSR count). The Bertz CT molecular complexity index is 712. The molecule has 0 aromatic carbocycles. The summed E-state index contributed by atoms with van der Waals surface area (Å²) in [6, 6.07) is 0. The summed E-state index contributed by atoms with van der Waals surface area (Å²) in [5.41, 5.74) is 9.50. The predicted octanol–water partition coefficient (Wildman–Crippen LogP) is 4.39. The summed E-state index contributed by atoms with van der Waals surface area (Å²) in [6.07, 6.45) is 6.70. The first-order valence-corrected chi connectivity index (χ1v) is 10.6. The molecule has 1 aromatic heterocycles. The van der Waals surface area contributed by atoms with Gasteiger partial charge in [-0.3, -0.25) is 4.99 Å². The van der Waals surface area contributed by atoms with Gasteiger partial charge in [-0.15, -0.1) is 24.5 Å². The molecular weight excluding hydrogens is 351 g/mol. The molecule has 4 nitrogen and oxygen atoms in total. The first kappa shape index (κ1) is 21.5. The number of hydrogen-bond acceptors (Lipinski definition) is 5. The van der Waals surface area contributed by atoms with E-state index in [0.29, 0.717) is 17.6 Å². The van der Waals surface area contributed by atoms with Gasteiger partial charge in [-0.25, -0.2) is 4.98 Å². The zero-order valence-electron chi connectivity index (χ0n) is 17.1. The van der Waals surface area contributed by atoms with E-state index in [1.165, 1.54) is 29.7 Å². The second-order valence-electron chi connectivity index (χ2n) is 8.43. The highest BCUT2D eigenvalue weighted by Gasteiger charge is 2.24. The highest BCUT2D eigenvalue weighted by atomic mass is 32.1. The van der Waals surface area contributed by atoms with Gasteiger partial charge in [0.1, 0.15) is 18.7 Å². The van der Waals surface area contributed by atoms with Crippen molar-refractivity contribution in [2.75, 3.05) is 12.3 Å². The van der Waals surface area contributed by atoms with E-state index in [4.69, 9.17) is 10.7 Å². The van der Waals surface area contributed by atoms with Gasteiger partial charge in [-0.1, -0.05) is 38.4 Å². The van der Waals surface area contributed by atoms with Gasteiger partial charge in [0.25, 0.3) is 0 Å². The molecule has 1 saturated heterocycles. The van der Waals surface area contributed by atoms with Crippen molar-refractivity contribution in [1.82, 2.24) is 10.3 Å². The number of nitrogens with one attached hydrogen (secondary N) is 1. The summed E-state index contributed by atoms with van der Waals surface area (Å²) in [7, 11) is 1.15. The normalized spacial score (nSPS) is 20.6. The largest absolute Gasteiger partial charge is 0.389 e. The number of allylic oxidation sites excluding steroid dienone is 2. The smallest absolute Gasteiger partial charge is 0.180 e. The Morgan fingerprint density at radius 2 is 2.22 bits per heavy atom. The Balaban J connectivity index is 2.05. The van der Waals surface area contributed by atoms with E-state index in [1.54, 1.807) is 0 Å². The number of nitrogens with two attached hydrogens (primary N) is 1. The number of thiazole rings is 1. The van der Waals surface area contributed by atoms with Crippen molar-refractivity contribution >= 4 is 29.5 Å². The maximum absolute atomic E-state index is 5.84. The maximum Gasteiger partial charge on any atom is 0.180 e. The maximum atomic E-state index is 5.84. The van der Waals surface area contributed by atoms with Crippen LogP contribution in [0.2, 0.25) is 6.32 Å². The quantitative estimate of drug-likeness (QED) is 0.377. The molecule has 0 radical (unpaired) electrons. The Morgan fingerprint density at radius 3 is 2.74 bits per heavy atom. The van der Waals surface area contributed by atoms with Crippen molar-refractivity contribution < 1.29 is 0 Å². The molecule has 6 heteroatoms. The number of anilines is 1. The van der Waals surface area contributed by atoms with Gasteiger partial charge in [-0.2, -0.15) is 0 Å². The summed E-state index contributed by atoms with van der Waals surface area (Å²) < 4.78 is 0. The molecule has 2 heterocycles. The van der Waals surface area contributed by atoms with E-state index >= 15 is 0 Å². The van der Waals surface area contributed by atoms with Gasteiger partial charge >= 0.3 is 0 Å². The first-order valence-electron chi connectivity index (χ1n) is 9.70. The third-order valence-corrected chi connectivity index (χ3v) is 5.78. The fraction of sp³-hybridized carbons (Fsp3) is 0.524. The number of rotatable bonds is 9. The molecule has 27 heavy (non-hydrogen) atoms. The second kappa shape index (κ2) is 9.40. The van der Waals surface area contributed by atoms with Crippen LogP contribution in [0.5, 0.6) is 0 Å². The Hall–Kier alpha value is -1.82. The third-order valence-electron chi connectivity index (χ3n) is 5.11. The molecule has 0 saturated carbocycles. The average molecular weight is 384 g/mol. The molecule has 2 atom stereocenters. The van der Waals surface area contributed by atoms with Gasteiger partial charge in [0.05, 0.1) is 5.70 Å². The van der Waals surface area contributed by atoms with Crippen LogP contribution in [0.1, 0.15) is 45.7 Å². The number of hydrogen-bond donors (Lipinski definition) is 2. The molecule has 1 fully saturated rings. The van der Waals surface area contributed by atoms with Gasteiger partial charge in [0, 0.05) is 17.3 Å². The summed E-state index contributed by atoms with van der Waals surface area (Å²) in [5.74, 6) is 1.21. The second-order valence-corrected chi connectivity index (χ2v) is 9.32. The van der Waals surface area contributed by atoms with E-state index in [2.05, 4.69) is 50.8 Å². The lowest BCUT2D eigenvalue weighted by atomic mass is 9.55. The van der Waals surface area contributed by atoms with E-state index in [1.807, 2.05) is 11.5 Å². The Kier molecular flexibility index (Phi) is 7.48. The number of nitrogen functional groups attached to an aromatic ring is 1. The SMILES string of the molecule is C=CC(C)(C)C/N=C(/C(=C)NC1BCC(CC(=C)C)CC1)c1csc(N)n1. The fourth-order valence-corrected chi connectivity index (χ4v) is 3.94. The summed E-state index contributed by atoms with van der Waals surface area (Å²) in [5, 5.41) is 6.11. The monoisotopic (exact) mass is 384 g/mol. The van der Waals surface area contributed by atoms with Crippen molar-refractivity contribution in [3.05, 3.63) is 48.2 Å². The molecule has 0 spiro atoms. The first-order chi connectivity index (χ1) is 12.7.